The molecule has 0 aliphatic carbocycles. The fraction of sp³-hybridized carbons (Fsp3) is 0.667. The van der Waals surface area contributed by atoms with E-state index >= 15 is 0 Å². The number of hydrogen-bond acceptors (Lipinski definition) is 4. The van der Waals surface area contributed by atoms with Crippen LogP contribution in [0.25, 0.3) is 0 Å². The summed E-state index contributed by atoms with van der Waals surface area (Å²) in [6, 6.07) is 0. The molecule has 0 saturated heterocycles. The average Bonchev–Trinajstić information content (AvgIpc) is 1.89. The van der Waals surface area contributed by atoms with Crippen molar-refractivity contribution in [3.05, 3.63) is 6.61 Å². The van der Waals surface area contributed by atoms with Gasteiger partial charge in [-0.3, -0.25) is 0 Å². The van der Waals surface area contributed by atoms with Gasteiger partial charge in [-0.05, 0) is 0 Å². The first-order valence-corrected chi connectivity index (χ1v) is 2.88. The standard InChI is InChI=1S/C6H11O4/c1-10-4-6(9)5(8)2-3-7/h3-6,8-9H,2H2,1H3. The lowest BCUT2D eigenvalue weighted by atomic mass is 10.2. The second kappa shape index (κ2) is 5.34. The number of rotatable bonds is 5. The molecule has 4 heteroatoms. The Morgan fingerprint density at radius 2 is 2.20 bits per heavy atom. The molecule has 0 aromatic rings. The zero-order chi connectivity index (χ0) is 7.98. The molecule has 0 spiro atoms. The number of hydrogen-bond donors (Lipinski definition) is 2. The molecule has 0 aromatic heterocycles. The van der Waals surface area contributed by atoms with E-state index in [0.29, 0.717) is 6.29 Å². The average molecular weight is 147 g/mol. The van der Waals surface area contributed by atoms with Crippen molar-refractivity contribution in [2.24, 2.45) is 0 Å². The van der Waals surface area contributed by atoms with Crippen LogP contribution in [-0.2, 0) is 9.53 Å². The van der Waals surface area contributed by atoms with E-state index in [9.17, 15) is 4.79 Å². The number of aliphatic hydroxyl groups is 2. The number of aliphatic hydroxyl groups excluding tert-OH is 2. The molecule has 0 aliphatic rings. The molecule has 0 aliphatic heterocycles. The van der Waals surface area contributed by atoms with Crippen molar-refractivity contribution in [2.75, 3.05) is 7.11 Å². The summed E-state index contributed by atoms with van der Waals surface area (Å²) in [6.07, 6.45) is -1.69. The second-order valence-electron chi connectivity index (χ2n) is 1.83. The predicted molar refractivity (Wildman–Crippen MR) is 34.0 cm³/mol. The van der Waals surface area contributed by atoms with Gasteiger partial charge in [-0.25, -0.2) is 0 Å². The second-order valence-corrected chi connectivity index (χ2v) is 1.83. The maximum atomic E-state index is 9.80. The van der Waals surface area contributed by atoms with E-state index < -0.39 is 12.2 Å². The van der Waals surface area contributed by atoms with Gasteiger partial charge in [0.1, 0.15) is 19.0 Å². The summed E-state index contributed by atoms with van der Waals surface area (Å²) in [6.45, 7) is 1.06. The Kier molecular flexibility index (Phi) is 5.10. The highest BCUT2D eigenvalue weighted by Crippen LogP contribution is 2.00. The maximum Gasteiger partial charge on any atom is 0.122 e. The smallest absolute Gasteiger partial charge is 0.122 e. The van der Waals surface area contributed by atoms with Crippen LogP contribution < -0.4 is 0 Å². The van der Waals surface area contributed by atoms with Gasteiger partial charge in [0.2, 0.25) is 0 Å². The number of carbonyl (C=O) groups is 1. The van der Waals surface area contributed by atoms with E-state index in [1.807, 2.05) is 0 Å². The van der Waals surface area contributed by atoms with Crippen LogP contribution in [-0.4, -0.2) is 35.8 Å². The first-order valence-electron chi connectivity index (χ1n) is 2.88. The van der Waals surface area contributed by atoms with Crippen LogP contribution in [0.4, 0.5) is 0 Å². The van der Waals surface area contributed by atoms with Gasteiger partial charge < -0.3 is 19.7 Å². The largest absolute Gasteiger partial charge is 0.390 e. The van der Waals surface area contributed by atoms with Gasteiger partial charge in [0.05, 0.1) is 6.10 Å². The molecule has 4 nitrogen and oxygen atoms in total. The van der Waals surface area contributed by atoms with Crippen molar-refractivity contribution in [1.82, 2.24) is 0 Å². The molecule has 0 aromatic carbocycles. The Morgan fingerprint density at radius 3 is 2.60 bits per heavy atom. The Hall–Kier alpha value is -0.450. The summed E-state index contributed by atoms with van der Waals surface area (Å²) in [4.78, 5) is 9.80. The van der Waals surface area contributed by atoms with E-state index in [-0.39, 0.29) is 6.42 Å². The molecule has 1 radical (unpaired) electrons. The van der Waals surface area contributed by atoms with E-state index in [1.54, 1.807) is 0 Å². The number of aldehydes is 1. The number of ether oxygens (including phenoxy) is 1. The summed E-state index contributed by atoms with van der Waals surface area (Å²) in [5, 5.41) is 17.7. The van der Waals surface area contributed by atoms with Crippen molar-refractivity contribution < 1.29 is 19.7 Å². The van der Waals surface area contributed by atoms with Gasteiger partial charge in [0, 0.05) is 13.5 Å². The Labute approximate surface area is 59.4 Å². The van der Waals surface area contributed by atoms with Gasteiger partial charge in [-0.15, -0.1) is 0 Å². The number of carbonyl (C=O) groups excluding carboxylic acids is 1. The monoisotopic (exact) mass is 147 g/mol. The van der Waals surface area contributed by atoms with Crippen molar-refractivity contribution in [1.29, 1.82) is 0 Å². The minimum atomic E-state index is -1.09. The highest BCUT2D eigenvalue weighted by atomic mass is 16.5. The van der Waals surface area contributed by atoms with E-state index in [4.69, 9.17) is 10.2 Å². The van der Waals surface area contributed by atoms with E-state index in [0.717, 1.165) is 6.61 Å². The molecular weight excluding hydrogens is 136 g/mol. The summed E-state index contributed by atoms with van der Waals surface area (Å²) in [5.41, 5.74) is 0. The molecule has 2 N–H and O–H groups in total. The molecule has 59 valence electrons. The lowest BCUT2D eigenvalue weighted by Crippen LogP contribution is -2.27. The third-order valence-electron chi connectivity index (χ3n) is 1.01. The van der Waals surface area contributed by atoms with Crippen LogP contribution in [0.1, 0.15) is 6.42 Å². The predicted octanol–water partition coefficient (Wildman–Crippen LogP) is -0.895. The molecular formula is C6H11O4. The Bertz CT molecular complexity index is 93.7. The molecule has 10 heavy (non-hydrogen) atoms. The molecule has 0 heterocycles. The molecule has 0 amide bonds. The SMILES string of the molecule is CO[CH]C(O)C(O)CC=O. The summed E-state index contributed by atoms with van der Waals surface area (Å²) in [5.74, 6) is 0. The normalized spacial score (nSPS) is 16.3. The van der Waals surface area contributed by atoms with E-state index in [2.05, 4.69) is 4.74 Å². The minimum absolute atomic E-state index is 0.0823. The summed E-state index contributed by atoms with van der Waals surface area (Å²) < 4.78 is 4.42. The molecule has 2 unspecified atom stereocenters. The molecule has 0 saturated carbocycles. The third-order valence-corrected chi connectivity index (χ3v) is 1.01. The first-order chi connectivity index (χ1) is 4.72. The fourth-order valence-corrected chi connectivity index (χ4v) is 0.468. The van der Waals surface area contributed by atoms with Crippen molar-refractivity contribution >= 4 is 6.29 Å². The molecule has 0 rings (SSSR count). The molecule has 0 bridgehead atoms. The van der Waals surface area contributed by atoms with Crippen molar-refractivity contribution in [2.45, 2.75) is 18.6 Å². The number of methoxy groups -OCH3 is 1. The van der Waals surface area contributed by atoms with Gasteiger partial charge in [0.15, 0.2) is 0 Å². The lowest BCUT2D eigenvalue weighted by Gasteiger charge is -2.12. The Morgan fingerprint density at radius 1 is 1.60 bits per heavy atom. The lowest BCUT2D eigenvalue weighted by molar-refractivity contribution is -0.111. The third kappa shape index (κ3) is 3.55. The van der Waals surface area contributed by atoms with Crippen LogP contribution in [0.15, 0.2) is 0 Å². The Balaban J connectivity index is 3.47. The topological polar surface area (TPSA) is 66.8 Å². The van der Waals surface area contributed by atoms with Crippen LogP contribution in [0.3, 0.4) is 0 Å². The quantitative estimate of drug-likeness (QED) is 0.495. The minimum Gasteiger partial charge on any atom is -0.390 e. The van der Waals surface area contributed by atoms with Crippen LogP contribution in [0.2, 0.25) is 0 Å². The zero-order valence-corrected chi connectivity index (χ0v) is 5.73. The molecule has 2 atom stereocenters. The molecule has 0 fully saturated rings. The van der Waals surface area contributed by atoms with Crippen LogP contribution in [0, 0.1) is 6.61 Å². The van der Waals surface area contributed by atoms with Gasteiger partial charge in [0.25, 0.3) is 0 Å². The van der Waals surface area contributed by atoms with Crippen LogP contribution >= 0.6 is 0 Å². The van der Waals surface area contributed by atoms with Crippen LogP contribution in [0.5, 0.6) is 0 Å². The highest BCUT2D eigenvalue weighted by molar-refractivity contribution is 5.50. The summed E-state index contributed by atoms with van der Waals surface area (Å²) in [7, 11) is 1.36. The van der Waals surface area contributed by atoms with Gasteiger partial charge in [-0.2, -0.15) is 0 Å². The highest BCUT2D eigenvalue weighted by Gasteiger charge is 2.15. The van der Waals surface area contributed by atoms with Gasteiger partial charge >= 0.3 is 0 Å². The van der Waals surface area contributed by atoms with Crippen molar-refractivity contribution in [3.63, 3.8) is 0 Å². The van der Waals surface area contributed by atoms with E-state index in [1.165, 1.54) is 7.11 Å². The van der Waals surface area contributed by atoms with Crippen molar-refractivity contribution in [3.8, 4) is 0 Å². The summed E-state index contributed by atoms with van der Waals surface area (Å²) >= 11 is 0. The fourth-order valence-electron chi connectivity index (χ4n) is 0.468. The van der Waals surface area contributed by atoms with Gasteiger partial charge in [-0.1, -0.05) is 0 Å². The first kappa shape index (κ1) is 9.55. The maximum absolute atomic E-state index is 9.80. The zero-order valence-electron chi connectivity index (χ0n) is 5.73.